The van der Waals surface area contributed by atoms with E-state index in [0.717, 1.165) is 12.8 Å². The molecule has 1 amide bonds. The molecule has 0 bridgehead atoms. The number of halogens is 2. The lowest BCUT2D eigenvalue weighted by atomic mass is 10.3. The third-order valence-electron chi connectivity index (χ3n) is 3.17. The molecule has 1 aliphatic rings. The highest BCUT2D eigenvalue weighted by Gasteiger charge is 2.30. The average molecular weight is 284 g/mol. The minimum Gasteiger partial charge on any atom is -0.435 e. The van der Waals surface area contributed by atoms with Crippen LogP contribution in [0.4, 0.5) is 14.5 Å². The molecule has 0 radical (unpaired) electrons. The van der Waals surface area contributed by atoms with Crippen molar-refractivity contribution in [2.45, 2.75) is 32.4 Å². The van der Waals surface area contributed by atoms with Crippen molar-refractivity contribution >= 4 is 11.6 Å². The van der Waals surface area contributed by atoms with Gasteiger partial charge >= 0.3 is 6.61 Å². The number of hydrogen-bond donors (Lipinski definition) is 1. The van der Waals surface area contributed by atoms with Crippen LogP contribution < -0.4 is 10.1 Å². The van der Waals surface area contributed by atoms with Crippen LogP contribution in [0.1, 0.15) is 19.8 Å². The first-order valence-corrected chi connectivity index (χ1v) is 6.68. The third-order valence-corrected chi connectivity index (χ3v) is 3.17. The third kappa shape index (κ3) is 4.08. The van der Waals surface area contributed by atoms with E-state index in [9.17, 15) is 13.6 Å². The van der Waals surface area contributed by atoms with Gasteiger partial charge in [0.15, 0.2) is 0 Å². The molecular formula is C14H18F2N2O2. The molecule has 1 N–H and O–H groups in total. The molecule has 0 atom stereocenters. The first-order valence-electron chi connectivity index (χ1n) is 6.68. The summed E-state index contributed by atoms with van der Waals surface area (Å²) in [4.78, 5) is 13.8. The van der Waals surface area contributed by atoms with Crippen molar-refractivity contribution in [3.8, 4) is 5.75 Å². The summed E-state index contributed by atoms with van der Waals surface area (Å²) < 4.78 is 28.2. The van der Waals surface area contributed by atoms with Crippen LogP contribution in [0.15, 0.2) is 24.3 Å². The fraction of sp³-hybridized carbons (Fsp3) is 0.500. The first kappa shape index (κ1) is 14.6. The Hall–Kier alpha value is -1.85. The van der Waals surface area contributed by atoms with Crippen molar-refractivity contribution in [1.82, 2.24) is 4.90 Å². The van der Waals surface area contributed by atoms with Crippen LogP contribution in [0.25, 0.3) is 0 Å². The maximum Gasteiger partial charge on any atom is 0.387 e. The number of benzene rings is 1. The fourth-order valence-electron chi connectivity index (χ4n) is 2.06. The summed E-state index contributed by atoms with van der Waals surface area (Å²) in [6.07, 6.45) is 2.17. The number of ether oxygens (including phenoxy) is 1. The molecule has 1 aliphatic carbocycles. The smallest absolute Gasteiger partial charge is 0.387 e. The molecule has 1 aromatic carbocycles. The Morgan fingerprint density at radius 1 is 1.40 bits per heavy atom. The molecule has 110 valence electrons. The summed E-state index contributed by atoms with van der Waals surface area (Å²) in [5.74, 6) is 0.160. The molecule has 20 heavy (non-hydrogen) atoms. The lowest BCUT2D eigenvalue weighted by molar-refractivity contribution is -0.129. The molecule has 0 aromatic heterocycles. The van der Waals surface area contributed by atoms with E-state index >= 15 is 0 Å². The van der Waals surface area contributed by atoms with Gasteiger partial charge in [0.2, 0.25) is 5.91 Å². The molecule has 6 heteroatoms. The van der Waals surface area contributed by atoms with Crippen molar-refractivity contribution in [2.75, 3.05) is 18.4 Å². The highest BCUT2D eigenvalue weighted by Crippen LogP contribution is 2.26. The van der Waals surface area contributed by atoms with E-state index < -0.39 is 6.61 Å². The number of nitrogens with zero attached hydrogens (tertiary/aromatic N) is 1. The zero-order valence-corrected chi connectivity index (χ0v) is 11.3. The predicted molar refractivity (Wildman–Crippen MR) is 72.0 cm³/mol. The lowest BCUT2D eigenvalue weighted by Gasteiger charge is -2.20. The first-order chi connectivity index (χ1) is 9.60. The second-order valence-corrected chi connectivity index (χ2v) is 4.67. The normalized spacial score (nSPS) is 14.2. The monoisotopic (exact) mass is 284 g/mol. The quantitative estimate of drug-likeness (QED) is 0.837. The van der Waals surface area contributed by atoms with E-state index in [1.54, 1.807) is 12.1 Å². The van der Waals surface area contributed by atoms with E-state index in [2.05, 4.69) is 10.1 Å². The number of amides is 1. The van der Waals surface area contributed by atoms with E-state index in [-0.39, 0.29) is 18.2 Å². The van der Waals surface area contributed by atoms with Gasteiger partial charge in [-0.2, -0.15) is 8.78 Å². The van der Waals surface area contributed by atoms with Gasteiger partial charge in [-0.1, -0.05) is 0 Å². The fourth-order valence-corrected chi connectivity index (χ4v) is 2.06. The number of hydrogen-bond acceptors (Lipinski definition) is 3. The minimum atomic E-state index is -2.83. The minimum absolute atomic E-state index is 0.0582. The molecule has 0 saturated heterocycles. The molecule has 2 rings (SSSR count). The zero-order valence-electron chi connectivity index (χ0n) is 11.3. The number of rotatable bonds is 7. The number of nitrogens with one attached hydrogen (secondary N) is 1. The Balaban J connectivity index is 1.82. The van der Waals surface area contributed by atoms with Crippen molar-refractivity contribution < 1.29 is 18.3 Å². The largest absolute Gasteiger partial charge is 0.435 e. The summed E-state index contributed by atoms with van der Waals surface area (Å²) in [5.41, 5.74) is 0.701. The Kier molecular flexibility index (Phi) is 4.76. The lowest BCUT2D eigenvalue weighted by Crippen LogP contribution is -2.37. The van der Waals surface area contributed by atoms with Crippen LogP contribution in [-0.2, 0) is 4.79 Å². The number of carbonyl (C=O) groups is 1. The molecule has 0 aliphatic heterocycles. The second-order valence-electron chi connectivity index (χ2n) is 4.67. The Labute approximate surface area is 116 Å². The summed E-state index contributed by atoms with van der Waals surface area (Å²) in [7, 11) is 0. The molecule has 0 heterocycles. The number of anilines is 1. The number of likely N-dealkylation sites (N-methyl/N-ethyl adjacent to an activating group) is 1. The van der Waals surface area contributed by atoms with Gasteiger partial charge in [-0.15, -0.1) is 0 Å². The van der Waals surface area contributed by atoms with Crippen LogP contribution in [0.5, 0.6) is 5.75 Å². The van der Waals surface area contributed by atoms with Crippen molar-refractivity contribution in [1.29, 1.82) is 0 Å². The van der Waals surface area contributed by atoms with E-state index in [1.807, 2.05) is 11.8 Å². The van der Waals surface area contributed by atoms with Gasteiger partial charge in [0.05, 0.1) is 6.54 Å². The van der Waals surface area contributed by atoms with Crippen molar-refractivity contribution in [3.05, 3.63) is 24.3 Å². The average Bonchev–Trinajstić information content (AvgIpc) is 3.23. The molecule has 1 aromatic rings. The molecule has 1 saturated carbocycles. The summed E-state index contributed by atoms with van der Waals surface area (Å²) in [6.45, 7) is 0.0605. The van der Waals surface area contributed by atoms with Crippen LogP contribution in [0.3, 0.4) is 0 Å². The molecule has 1 fully saturated rings. The maximum atomic E-state index is 12.0. The van der Waals surface area contributed by atoms with Gasteiger partial charge in [0, 0.05) is 18.3 Å². The zero-order chi connectivity index (χ0) is 14.5. The Morgan fingerprint density at radius 2 is 2.05 bits per heavy atom. The Morgan fingerprint density at radius 3 is 2.55 bits per heavy atom. The second kappa shape index (κ2) is 6.54. The van der Waals surface area contributed by atoms with Gasteiger partial charge in [-0.3, -0.25) is 4.79 Å². The topological polar surface area (TPSA) is 41.6 Å². The summed E-state index contributed by atoms with van der Waals surface area (Å²) in [6, 6.07) is 6.50. The van der Waals surface area contributed by atoms with Crippen LogP contribution >= 0.6 is 0 Å². The number of alkyl halides is 2. The van der Waals surface area contributed by atoms with Gasteiger partial charge in [0.25, 0.3) is 0 Å². The van der Waals surface area contributed by atoms with Crippen LogP contribution in [0.2, 0.25) is 0 Å². The van der Waals surface area contributed by atoms with Crippen LogP contribution in [-0.4, -0.2) is 36.5 Å². The Bertz CT molecular complexity index is 447. The summed E-state index contributed by atoms with van der Waals surface area (Å²) >= 11 is 0. The van der Waals surface area contributed by atoms with E-state index in [0.29, 0.717) is 18.3 Å². The molecule has 0 unspecified atom stereocenters. The predicted octanol–water partition coefficient (Wildman–Crippen LogP) is 2.71. The summed E-state index contributed by atoms with van der Waals surface area (Å²) in [5, 5.41) is 2.99. The SMILES string of the molecule is CCN(C(=O)CNc1ccc(OC(F)F)cc1)C1CC1. The van der Waals surface area contributed by atoms with Gasteiger partial charge in [-0.25, -0.2) is 0 Å². The van der Waals surface area contributed by atoms with Gasteiger partial charge in [0.1, 0.15) is 5.75 Å². The van der Waals surface area contributed by atoms with E-state index in [4.69, 9.17) is 0 Å². The highest BCUT2D eigenvalue weighted by atomic mass is 19.3. The highest BCUT2D eigenvalue weighted by molar-refractivity contribution is 5.81. The van der Waals surface area contributed by atoms with Gasteiger partial charge in [-0.05, 0) is 44.0 Å². The van der Waals surface area contributed by atoms with Crippen molar-refractivity contribution in [3.63, 3.8) is 0 Å². The molecule has 4 nitrogen and oxygen atoms in total. The maximum absolute atomic E-state index is 12.0. The standard InChI is InChI=1S/C14H18F2N2O2/c1-2-18(11-5-6-11)13(19)9-17-10-3-7-12(8-4-10)20-14(15)16/h3-4,7-8,11,14,17H,2,5-6,9H2,1H3. The molecule has 0 spiro atoms. The van der Waals surface area contributed by atoms with E-state index in [1.165, 1.54) is 12.1 Å². The van der Waals surface area contributed by atoms with Gasteiger partial charge < -0.3 is 15.0 Å². The van der Waals surface area contributed by atoms with Crippen molar-refractivity contribution in [2.24, 2.45) is 0 Å². The number of carbonyl (C=O) groups excluding carboxylic acids is 1. The molecular weight excluding hydrogens is 266 g/mol. The van der Waals surface area contributed by atoms with Crippen LogP contribution in [0, 0.1) is 0 Å².